The lowest BCUT2D eigenvalue weighted by Gasteiger charge is -2.31. The van der Waals surface area contributed by atoms with Crippen LogP contribution in [0.5, 0.6) is 0 Å². The number of nitrogens with one attached hydrogen (secondary N) is 1. The molecular weight excluding hydrogens is 298 g/mol. The predicted octanol–water partition coefficient (Wildman–Crippen LogP) is 2.43. The monoisotopic (exact) mass is 325 g/mol. The van der Waals surface area contributed by atoms with E-state index in [9.17, 15) is 0 Å². The molecule has 2 aromatic rings. The van der Waals surface area contributed by atoms with E-state index in [1.807, 2.05) is 13.1 Å². The first kappa shape index (κ1) is 15.8. The summed E-state index contributed by atoms with van der Waals surface area (Å²) in [5.41, 5.74) is 3.32. The van der Waals surface area contributed by atoms with Crippen LogP contribution in [-0.2, 0) is 6.54 Å². The number of imidazole rings is 1. The molecular formula is C19H27N5. The Hall–Kier alpha value is -1.72. The second kappa shape index (κ2) is 7.03. The summed E-state index contributed by atoms with van der Waals surface area (Å²) in [6.07, 6.45) is 7.87. The maximum Gasteiger partial charge on any atom is 0.112 e. The molecule has 24 heavy (non-hydrogen) atoms. The van der Waals surface area contributed by atoms with E-state index in [-0.39, 0.29) is 0 Å². The summed E-state index contributed by atoms with van der Waals surface area (Å²) in [5, 5.41) is 3.46. The number of pyridine rings is 1. The Bertz CT molecular complexity index is 683. The van der Waals surface area contributed by atoms with Gasteiger partial charge in [-0.1, -0.05) is 0 Å². The Labute approximate surface area is 144 Å². The summed E-state index contributed by atoms with van der Waals surface area (Å²) in [7, 11) is 0. The largest absolute Gasteiger partial charge is 0.333 e. The highest BCUT2D eigenvalue weighted by molar-refractivity contribution is 5.58. The van der Waals surface area contributed by atoms with Gasteiger partial charge in [-0.05, 0) is 64.5 Å². The van der Waals surface area contributed by atoms with Crippen LogP contribution in [0.1, 0.15) is 36.7 Å². The Morgan fingerprint density at radius 3 is 2.75 bits per heavy atom. The molecule has 0 atom stereocenters. The highest BCUT2D eigenvalue weighted by atomic mass is 15.2. The van der Waals surface area contributed by atoms with E-state index in [0.717, 1.165) is 37.6 Å². The molecule has 5 heteroatoms. The van der Waals surface area contributed by atoms with Crippen molar-refractivity contribution in [1.82, 2.24) is 24.8 Å². The maximum atomic E-state index is 5.06. The lowest BCUT2D eigenvalue weighted by Crippen LogP contribution is -2.39. The lowest BCUT2D eigenvalue weighted by atomic mass is 9.97. The molecule has 0 radical (unpaired) electrons. The number of rotatable bonds is 5. The van der Waals surface area contributed by atoms with E-state index in [1.54, 1.807) is 0 Å². The zero-order chi connectivity index (χ0) is 16.4. The summed E-state index contributed by atoms with van der Waals surface area (Å²) in [5.74, 6) is 1.86. The molecule has 5 nitrogen and oxygen atoms in total. The highest BCUT2D eigenvalue weighted by Gasteiger charge is 2.22. The molecule has 4 rings (SSSR count). The Morgan fingerprint density at radius 1 is 1.21 bits per heavy atom. The van der Waals surface area contributed by atoms with Crippen LogP contribution in [0.15, 0.2) is 24.5 Å². The van der Waals surface area contributed by atoms with Crippen molar-refractivity contribution in [2.45, 2.75) is 38.6 Å². The van der Waals surface area contributed by atoms with Crippen molar-refractivity contribution in [2.75, 3.05) is 32.7 Å². The van der Waals surface area contributed by atoms with Crippen LogP contribution in [-0.4, -0.2) is 52.2 Å². The van der Waals surface area contributed by atoms with Gasteiger partial charge >= 0.3 is 0 Å². The standard InChI is InChI=1S/C19H27N5/c1-15-13-17(5-8-21-15)18-14-24(12-11-23-9-2-10-23)19(22-18)16-3-6-20-7-4-16/h5,8,13-14,16,20H,2-4,6-7,9-12H2,1H3. The van der Waals surface area contributed by atoms with Gasteiger partial charge in [0.15, 0.2) is 0 Å². The van der Waals surface area contributed by atoms with E-state index in [0.29, 0.717) is 5.92 Å². The number of likely N-dealkylation sites (tertiary alicyclic amines) is 1. The van der Waals surface area contributed by atoms with Crippen LogP contribution in [0.4, 0.5) is 0 Å². The first-order valence-corrected chi connectivity index (χ1v) is 9.23. The third-order valence-corrected chi connectivity index (χ3v) is 5.31. The first-order chi connectivity index (χ1) is 11.8. The Kier molecular flexibility index (Phi) is 4.63. The number of hydrogen-bond donors (Lipinski definition) is 1. The average Bonchev–Trinajstić information content (AvgIpc) is 2.99. The minimum Gasteiger partial charge on any atom is -0.333 e. The topological polar surface area (TPSA) is 46.0 Å². The SMILES string of the molecule is Cc1cc(-c2cn(CCN3CCC3)c(C3CCNCC3)n2)ccn1. The van der Waals surface area contributed by atoms with Gasteiger partial charge in [-0.25, -0.2) is 4.98 Å². The summed E-state index contributed by atoms with van der Waals surface area (Å²) < 4.78 is 2.42. The van der Waals surface area contributed by atoms with Gasteiger partial charge in [0, 0.05) is 42.7 Å². The van der Waals surface area contributed by atoms with Crippen LogP contribution in [0, 0.1) is 6.92 Å². The number of piperidine rings is 1. The van der Waals surface area contributed by atoms with Crippen LogP contribution in [0.25, 0.3) is 11.3 Å². The van der Waals surface area contributed by atoms with Gasteiger partial charge < -0.3 is 14.8 Å². The molecule has 0 aliphatic carbocycles. The highest BCUT2D eigenvalue weighted by Crippen LogP contribution is 2.28. The van der Waals surface area contributed by atoms with E-state index in [1.165, 1.54) is 43.7 Å². The maximum absolute atomic E-state index is 5.06. The fraction of sp³-hybridized carbons (Fsp3) is 0.579. The van der Waals surface area contributed by atoms with Gasteiger partial charge in [0.25, 0.3) is 0 Å². The molecule has 2 aliphatic heterocycles. The van der Waals surface area contributed by atoms with Crippen molar-refractivity contribution < 1.29 is 0 Å². The van der Waals surface area contributed by atoms with Gasteiger partial charge in [0.1, 0.15) is 5.82 Å². The van der Waals surface area contributed by atoms with E-state index in [2.05, 4.69) is 38.1 Å². The first-order valence-electron chi connectivity index (χ1n) is 9.23. The molecule has 2 fully saturated rings. The molecule has 2 aromatic heterocycles. The van der Waals surface area contributed by atoms with Gasteiger partial charge in [-0.3, -0.25) is 4.98 Å². The van der Waals surface area contributed by atoms with Crippen molar-refractivity contribution in [2.24, 2.45) is 0 Å². The van der Waals surface area contributed by atoms with Crippen LogP contribution >= 0.6 is 0 Å². The van der Waals surface area contributed by atoms with Gasteiger partial charge in [0.05, 0.1) is 5.69 Å². The van der Waals surface area contributed by atoms with Gasteiger partial charge in [-0.15, -0.1) is 0 Å². The molecule has 128 valence electrons. The van der Waals surface area contributed by atoms with Crippen molar-refractivity contribution >= 4 is 0 Å². The number of aromatic nitrogens is 3. The summed E-state index contributed by atoms with van der Waals surface area (Å²) in [6, 6.07) is 4.20. The molecule has 0 unspecified atom stereocenters. The average molecular weight is 325 g/mol. The predicted molar refractivity (Wildman–Crippen MR) is 96.1 cm³/mol. The molecule has 2 aliphatic rings. The Balaban J connectivity index is 1.61. The second-order valence-electron chi connectivity index (χ2n) is 7.08. The molecule has 0 spiro atoms. The van der Waals surface area contributed by atoms with Crippen LogP contribution in [0.2, 0.25) is 0 Å². The summed E-state index contributed by atoms with van der Waals surface area (Å²) >= 11 is 0. The van der Waals surface area contributed by atoms with E-state index < -0.39 is 0 Å². The van der Waals surface area contributed by atoms with Crippen LogP contribution < -0.4 is 5.32 Å². The second-order valence-corrected chi connectivity index (χ2v) is 7.08. The molecule has 0 amide bonds. The minimum absolute atomic E-state index is 0.583. The number of hydrogen-bond acceptors (Lipinski definition) is 4. The fourth-order valence-electron chi connectivity index (χ4n) is 3.71. The molecule has 0 saturated carbocycles. The van der Waals surface area contributed by atoms with Crippen molar-refractivity contribution in [1.29, 1.82) is 0 Å². The minimum atomic E-state index is 0.583. The fourth-order valence-corrected chi connectivity index (χ4v) is 3.71. The molecule has 0 bridgehead atoms. The Morgan fingerprint density at radius 2 is 2.04 bits per heavy atom. The number of aryl methyl sites for hydroxylation is 1. The van der Waals surface area contributed by atoms with Crippen LogP contribution in [0.3, 0.4) is 0 Å². The van der Waals surface area contributed by atoms with Crippen molar-refractivity contribution in [3.05, 3.63) is 36.0 Å². The molecule has 4 heterocycles. The number of nitrogens with zero attached hydrogens (tertiary/aromatic N) is 4. The van der Waals surface area contributed by atoms with E-state index in [4.69, 9.17) is 4.98 Å². The smallest absolute Gasteiger partial charge is 0.112 e. The zero-order valence-corrected chi connectivity index (χ0v) is 14.5. The molecule has 1 N–H and O–H groups in total. The quantitative estimate of drug-likeness (QED) is 0.917. The molecule has 0 aromatic carbocycles. The normalized spacial score (nSPS) is 19.4. The van der Waals surface area contributed by atoms with E-state index >= 15 is 0 Å². The van der Waals surface area contributed by atoms with Gasteiger partial charge in [-0.2, -0.15) is 0 Å². The lowest BCUT2D eigenvalue weighted by molar-refractivity contribution is 0.173. The van der Waals surface area contributed by atoms with Crippen molar-refractivity contribution in [3.63, 3.8) is 0 Å². The summed E-state index contributed by atoms with van der Waals surface area (Å²) in [4.78, 5) is 11.9. The summed E-state index contributed by atoms with van der Waals surface area (Å²) in [6.45, 7) is 8.96. The van der Waals surface area contributed by atoms with Gasteiger partial charge in [0.2, 0.25) is 0 Å². The molecule has 2 saturated heterocycles. The zero-order valence-electron chi connectivity index (χ0n) is 14.5. The van der Waals surface area contributed by atoms with Crippen molar-refractivity contribution in [3.8, 4) is 11.3 Å². The third-order valence-electron chi connectivity index (χ3n) is 5.31. The third kappa shape index (κ3) is 3.37.